The van der Waals surface area contributed by atoms with Crippen molar-refractivity contribution in [3.05, 3.63) is 64.4 Å². The molecule has 1 fully saturated rings. The van der Waals surface area contributed by atoms with Gasteiger partial charge < -0.3 is 14.7 Å². The molecule has 0 radical (unpaired) electrons. The number of nitrogens with one attached hydrogen (secondary N) is 1. The maximum Gasteiger partial charge on any atom is 0.254 e. The Bertz CT molecular complexity index is 1030. The van der Waals surface area contributed by atoms with E-state index >= 15 is 0 Å². The summed E-state index contributed by atoms with van der Waals surface area (Å²) in [5.74, 6) is -0.103. The molecule has 4 rings (SSSR count). The lowest BCUT2D eigenvalue weighted by Crippen LogP contribution is -2.31. The topological polar surface area (TPSA) is 95.5 Å². The lowest BCUT2D eigenvalue weighted by Gasteiger charge is -2.17. The number of nitrogens with zero attached hydrogens (tertiary/aromatic N) is 2. The molecule has 3 aromatic rings. The standard InChI is InChI=1S/C19H17N3O4/c23-16-9-13(10-17(24)21-16)19(25)22-8-7-14(11-22)26-18-6-5-12-3-1-2-4-15(12)20-18/h1-6,9-10,14H,7-8,11H2,(H2,21,23,24). The number of likely N-dealkylation sites (tertiary alicyclic amines) is 1. The van der Waals surface area contributed by atoms with Gasteiger partial charge in [-0.3, -0.25) is 14.6 Å². The van der Waals surface area contributed by atoms with Crippen LogP contribution in [0.3, 0.4) is 0 Å². The van der Waals surface area contributed by atoms with E-state index in [9.17, 15) is 14.7 Å². The van der Waals surface area contributed by atoms with Crippen LogP contribution in [0.1, 0.15) is 16.8 Å². The van der Waals surface area contributed by atoms with Crippen molar-refractivity contribution in [2.24, 2.45) is 0 Å². The molecule has 1 amide bonds. The monoisotopic (exact) mass is 351 g/mol. The fraction of sp³-hybridized carbons (Fsp3) is 0.211. The second-order valence-electron chi connectivity index (χ2n) is 6.24. The first-order valence-electron chi connectivity index (χ1n) is 8.33. The molecular weight excluding hydrogens is 334 g/mol. The Balaban J connectivity index is 1.45. The molecule has 7 nitrogen and oxygen atoms in total. The molecule has 1 aromatic carbocycles. The minimum atomic E-state index is -0.513. The van der Waals surface area contributed by atoms with E-state index < -0.39 is 5.56 Å². The molecule has 2 N–H and O–H groups in total. The van der Waals surface area contributed by atoms with Gasteiger partial charge in [0.15, 0.2) is 5.88 Å². The second kappa shape index (κ2) is 6.51. The van der Waals surface area contributed by atoms with E-state index in [0.29, 0.717) is 25.4 Å². The molecule has 1 aliphatic rings. The Kier molecular flexibility index (Phi) is 4.04. The highest BCUT2D eigenvalue weighted by molar-refractivity contribution is 5.94. The lowest BCUT2D eigenvalue weighted by atomic mass is 10.2. The van der Waals surface area contributed by atoms with Crippen LogP contribution in [0.25, 0.3) is 10.9 Å². The number of carbonyl (C=O) groups excluding carboxylic acids is 1. The summed E-state index contributed by atoms with van der Waals surface area (Å²) in [5, 5.41) is 10.5. The lowest BCUT2D eigenvalue weighted by molar-refractivity contribution is 0.0770. The zero-order chi connectivity index (χ0) is 18.1. The van der Waals surface area contributed by atoms with Gasteiger partial charge in [-0.1, -0.05) is 18.2 Å². The quantitative estimate of drug-likeness (QED) is 0.752. The van der Waals surface area contributed by atoms with Crippen LogP contribution in [0.15, 0.2) is 53.3 Å². The van der Waals surface area contributed by atoms with Gasteiger partial charge in [0, 0.05) is 36.6 Å². The highest BCUT2D eigenvalue weighted by Crippen LogP contribution is 2.21. The van der Waals surface area contributed by atoms with Crippen LogP contribution in [0, 0.1) is 0 Å². The van der Waals surface area contributed by atoms with Crippen LogP contribution in [0.4, 0.5) is 0 Å². The van der Waals surface area contributed by atoms with Gasteiger partial charge >= 0.3 is 0 Å². The minimum absolute atomic E-state index is 0.163. The summed E-state index contributed by atoms with van der Waals surface area (Å²) in [5.41, 5.74) is 0.506. The molecule has 1 saturated heterocycles. The Morgan fingerprint density at radius 3 is 2.92 bits per heavy atom. The summed E-state index contributed by atoms with van der Waals surface area (Å²) >= 11 is 0. The average Bonchev–Trinajstić information content (AvgIpc) is 3.08. The molecule has 1 unspecified atom stereocenters. The number of hydrogen-bond donors (Lipinski definition) is 2. The Morgan fingerprint density at radius 2 is 2.08 bits per heavy atom. The number of H-pyrrole nitrogens is 1. The summed E-state index contributed by atoms with van der Waals surface area (Å²) in [4.78, 5) is 32.2. The van der Waals surface area contributed by atoms with Crippen molar-refractivity contribution in [1.82, 2.24) is 14.9 Å². The SMILES string of the molecule is O=C(c1cc(O)[nH]c(=O)c1)N1CCC(Oc2ccc3ccccc3n2)C1. The van der Waals surface area contributed by atoms with Crippen LogP contribution in [0.2, 0.25) is 0 Å². The number of aromatic amines is 1. The van der Waals surface area contributed by atoms with Gasteiger partial charge in [0.1, 0.15) is 6.10 Å². The van der Waals surface area contributed by atoms with E-state index in [-0.39, 0.29) is 23.5 Å². The van der Waals surface area contributed by atoms with E-state index in [4.69, 9.17) is 4.74 Å². The van der Waals surface area contributed by atoms with Gasteiger partial charge in [-0.05, 0) is 12.1 Å². The molecule has 132 valence electrons. The van der Waals surface area contributed by atoms with Crippen molar-refractivity contribution >= 4 is 16.8 Å². The highest BCUT2D eigenvalue weighted by Gasteiger charge is 2.29. The van der Waals surface area contributed by atoms with Crippen molar-refractivity contribution < 1.29 is 14.6 Å². The Morgan fingerprint density at radius 1 is 1.23 bits per heavy atom. The summed E-state index contributed by atoms with van der Waals surface area (Å²) in [6.07, 6.45) is 0.512. The molecule has 0 bridgehead atoms. The highest BCUT2D eigenvalue weighted by atomic mass is 16.5. The maximum atomic E-state index is 12.5. The van der Waals surface area contributed by atoms with Gasteiger partial charge in [0.05, 0.1) is 17.6 Å². The third-order valence-electron chi connectivity index (χ3n) is 4.37. The first-order chi connectivity index (χ1) is 12.6. The first kappa shape index (κ1) is 16.1. The summed E-state index contributed by atoms with van der Waals surface area (Å²) in [6, 6.07) is 14.0. The van der Waals surface area contributed by atoms with E-state index in [2.05, 4.69) is 9.97 Å². The summed E-state index contributed by atoms with van der Waals surface area (Å²) < 4.78 is 5.92. The summed E-state index contributed by atoms with van der Waals surface area (Å²) in [7, 11) is 0. The number of ether oxygens (including phenoxy) is 1. The predicted molar refractivity (Wildman–Crippen MR) is 95.4 cm³/mol. The van der Waals surface area contributed by atoms with Gasteiger partial charge in [0.25, 0.3) is 11.5 Å². The molecule has 0 saturated carbocycles. The van der Waals surface area contributed by atoms with E-state index in [1.165, 1.54) is 12.1 Å². The van der Waals surface area contributed by atoms with Gasteiger partial charge in [-0.25, -0.2) is 4.98 Å². The number of benzene rings is 1. The molecule has 1 atom stereocenters. The van der Waals surface area contributed by atoms with Crippen LogP contribution in [0.5, 0.6) is 11.8 Å². The fourth-order valence-electron chi connectivity index (χ4n) is 3.13. The van der Waals surface area contributed by atoms with Crippen molar-refractivity contribution in [1.29, 1.82) is 0 Å². The van der Waals surface area contributed by atoms with Crippen LogP contribution >= 0.6 is 0 Å². The largest absolute Gasteiger partial charge is 0.494 e. The van der Waals surface area contributed by atoms with E-state index in [0.717, 1.165) is 10.9 Å². The van der Waals surface area contributed by atoms with E-state index in [1.807, 2.05) is 36.4 Å². The number of rotatable bonds is 3. The predicted octanol–water partition coefficient (Wildman–Crippen LogP) is 1.92. The number of amides is 1. The molecule has 7 heteroatoms. The van der Waals surface area contributed by atoms with Crippen LogP contribution < -0.4 is 10.3 Å². The molecule has 0 aliphatic carbocycles. The zero-order valence-electron chi connectivity index (χ0n) is 13.9. The number of aromatic hydroxyl groups is 1. The molecule has 2 aromatic heterocycles. The van der Waals surface area contributed by atoms with Gasteiger partial charge in [0.2, 0.25) is 5.88 Å². The molecular formula is C19H17N3O4. The van der Waals surface area contributed by atoms with Crippen LogP contribution in [-0.2, 0) is 0 Å². The number of para-hydroxylation sites is 1. The molecule has 1 aliphatic heterocycles. The van der Waals surface area contributed by atoms with Crippen molar-refractivity contribution in [2.75, 3.05) is 13.1 Å². The van der Waals surface area contributed by atoms with Crippen molar-refractivity contribution in [2.45, 2.75) is 12.5 Å². The summed E-state index contributed by atoms with van der Waals surface area (Å²) in [6.45, 7) is 0.922. The third kappa shape index (κ3) is 3.23. The van der Waals surface area contributed by atoms with E-state index in [1.54, 1.807) is 4.90 Å². The number of carbonyl (C=O) groups is 1. The number of hydrogen-bond acceptors (Lipinski definition) is 5. The average molecular weight is 351 g/mol. The second-order valence-corrected chi connectivity index (χ2v) is 6.24. The maximum absolute atomic E-state index is 12.5. The molecule has 0 spiro atoms. The zero-order valence-corrected chi connectivity index (χ0v) is 13.9. The van der Waals surface area contributed by atoms with Gasteiger partial charge in [-0.15, -0.1) is 0 Å². The third-order valence-corrected chi connectivity index (χ3v) is 4.37. The van der Waals surface area contributed by atoms with Gasteiger partial charge in [-0.2, -0.15) is 0 Å². The molecule has 3 heterocycles. The minimum Gasteiger partial charge on any atom is -0.494 e. The number of pyridine rings is 2. The van der Waals surface area contributed by atoms with Crippen molar-refractivity contribution in [3.63, 3.8) is 0 Å². The number of aromatic nitrogens is 2. The van der Waals surface area contributed by atoms with Crippen LogP contribution in [-0.4, -0.2) is 45.1 Å². The smallest absolute Gasteiger partial charge is 0.254 e. The normalized spacial score (nSPS) is 16.8. The Labute approximate surface area is 148 Å². The molecule has 26 heavy (non-hydrogen) atoms. The Hall–Kier alpha value is -3.35. The first-order valence-corrected chi connectivity index (χ1v) is 8.33. The van der Waals surface area contributed by atoms with Crippen molar-refractivity contribution in [3.8, 4) is 11.8 Å². The number of fused-ring (bicyclic) bond motifs is 1. The fourth-order valence-corrected chi connectivity index (χ4v) is 3.13.